The van der Waals surface area contributed by atoms with Crippen LogP contribution < -0.4 is 5.73 Å². The second-order valence-electron chi connectivity index (χ2n) is 3.19. The lowest BCUT2D eigenvalue weighted by molar-refractivity contribution is -0.166. The summed E-state index contributed by atoms with van der Waals surface area (Å²) in [6.45, 7) is 4.69. The van der Waals surface area contributed by atoms with Gasteiger partial charge in [0.25, 0.3) is 0 Å². The Morgan fingerprint density at radius 1 is 1.23 bits per heavy atom. The highest BCUT2D eigenvalue weighted by Gasteiger charge is 2.23. The Kier molecular flexibility index (Phi) is 4.58. The first-order valence-corrected chi connectivity index (χ1v) is 4.05. The van der Waals surface area contributed by atoms with E-state index in [0.717, 1.165) is 0 Å². The number of esters is 2. The van der Waals surface area contributed by atoms with Crippen LogP contribution in [0.4, 0.5) is 0 Å². The Hall–Kier alpha value is -0.940. The Bertz CT molecular complexity index is 200. The fourth-order valence-corrected chi connectivity index (χ4v) is 0.525. The minimum Gasteiger partial charge on any atom is -0.390 e. The van der Waals surface area contributed by atoms with Gasteiger partial charge < -0.3 is 15.6 Å². The van der Waals surface area contributed by atoms with Crippen LogP contribution >= 0.6 is 0 Å². The van der Waals surface area contributed by atoms with Crippen LogP contribution in [0.25, 0.3) is 0 Å². The van der Waals surface area contributed by atoms with Crippen LogP contribution in [-0.4, -0.2) is 29.2 Å². The van der Waals surface area contributed by atoms with Crippen molar-refractivity contribution in [3.63, 3.8) is 0 Å². The molecule has 0 amide bonds. The van der Waals surface area contributed by atoms with Crippen molar-refractivity contribution in [2.45, 2.75) is 32.9 Å². The zero-order valence-electron chi connectivity index (χ0n) is 7.98. The van der Waals surface area contributed by atoms with E-state index >= 15 is 0 Å². The third kappa shape index (κ3) is 4.00. The Balaban J connectivity index is 4.08. The molecule has 0 rings (SSSR count). The normalized spacial score (nSPS) is 15.2. The molecule has 0 aromatic carbocycles. The first-order chi connectivity index (χ1) is 5.86. The summed E-state index contributed by atoms with van der Waals surface area (Å²) in [6, 6.07) is -0.831. The number of hydrogen-bond donors (Lipinski definition) is 2. The molecule has 2 atom stereocenters. The zero-order valence-corrected chi connectivity index (χ0v) is 7.98. The largest absolute Gasteiger partial charge is 0.390 e. The van der Waals surface area contributed by atoms with Gasteiger partial charge in [0.15, 0.2) is 0 Å². The summed E-state index contributed by atoms with van der Waals surface area (Å²) in [5.74, 6) is -1.88. The van der Waals surface area contributed by atoms with E-state index in [1.807, 2.05) is 0 Å². The van der Waals surface area contributed by atoms with Crippen molar-refractivity contribution in [1.82, 2.24) is 0 Å². The van der Waals surface area contributed by atoms with Gasteiger partial charge in [0.1, 0.15) is 12.1 Å². The second-order valence-corrected chi connectivity index (χ2v) is 3.19. The lowest BCUT2D eigenvalue weighted by Crippen LogP contribution is -2.39. The number of aliphatic hydroxyl groups excluding tert-OH is 1. The number of aliphatic hydroxyl groups is 1. The number of rotatable bonds is 3. The number of ether oxygens (including phenoxy) is 1. The van der Waals surface area contributed by atoms with Gasteiger partial charge in [-0.25, -0.2) is 9.59 Å². The number of nitrogens with two attached hydrogens (primary N) is 1. The third-order valence-corrected chi connectivity index (χ3v) is 1.53. The molecule has 0 saturated heterocycles. The molecule has 0 saturated carbocycles. The van der Waals surface area contributed by atoms with Crippen molar-refractivity contribution in [3.05, 3.63) is 0 Å². The quantitative estimate of drug-likeness (QED) is 0.458. The average molecular weight is 189 g/mol. The van der Waals surface area contributed by atoms with E-state index in [1.54, 1.807) is 13.8 Å². The van der Waals surface area contributed by atoms with Crippen LogP contribution in [-0.2, 0) is 14.3 Å². The van der Waals surface area contributed by atoms with E-state index < -0.39 is 24.1 Å². The first-order valence-electron chi connectivity index (χ1n) is 4.05. The van der Waals surface area contributed by atoms with Crippen LogP contribution in [0.2, 0.25) is 0 Å². The topological polar surface area (TPSA) is 89.6 Å². The van der Waals surface area contributed by atoms with E-state index in [2.05, 4.69) is 4.74 Å². The molecule has 0 aromatic rings. The summed E-state index contributed by atoms with van der Waals surface area (Å²) < 4.78 is 4.28. The van der Waals surface area contributed by atoms with Gasteiger partial charge in [-0.2, -0.15) is 0 Å². The fraction of sp³-hybridized carbons (Fsp3) is 0.750. The molecule has 0 aromatic heterocycles. The van der Waals surface area contributed by atoms with E-state index in [1.165, 1.54) is 6.92 Å². The standard InChI is InChI=1S/C8H15NO4/c1-4(2)6(9)8(12)13-7(11)5(3)10/h4-6,10H,9H2,1-3H3. The summed E-state index contributed by atoms with van der Waals surface area (Å²) in [5, 5.41) is 8.72. The molecule has 76 valence electrons. The summed E-state index contributed by atoms with van der Waals surface area (Å²) in [6.07, 6.45) is -1.30. The van der Waals surface area contributed by atoms with Gasteiger partial charge in [0.05, 0.1) is 0 Å². The molecule has 0 radical (unpaired) electrons. The minimum absolute atomic E-state index is 0.103. The van der Waals surface area contributed by atoms with Gasteiger partial charge >= 0.3 is 11.9 Å². The molecule has 0 bridgehead atoms. The smallest absolute Gasteiger partial charge is 0.342 e. The van der Waals surface area contributed by atoms with Crippen molar-refractivity contribution in [3.8, 4) is 0 Å². The van der Waals surface area contributed by atoms with Crippen LogP contribution in [0, 0.1) is 5.92 Å². The molecule has 0 aliphatic carbocycles. The molecule has 2 unspecified atom stereocenters. The van der Waals surface area contributed by atoms with Gasteiger partial charge in [0.2, 0.25) is 0 Å². The van der Waals surface area contributed by atoms with Crippen molar-refractivity contribution in [2.24, 2.45) is 11.7 Å². The molecule has 5 heteroatoms. The highest BCUT2D eigenvalue weighted by molar-refractivity contribution is 5.90. The predicted octanol–water partition coefficient (Wildman–Crippen LogP) is -0.580. The molecule has 0 heterocycles. The Morgan fingerprint density at radius 3 is 2.00 bits per heavy atom. The maximum absolute atomic E-state index is 11.0. The average Bonchev–Trinajstić information content (AvgIpc) is 2.02. The predicted molar refractivity (Wildman–Crippen MR) is 45.6 cm³/mol. The van der Waals surface area contributed by atoms with Crippen LogP contribution in [0.1, 0.15) is 20.8 Å². The molecular formula is C8H15NO4. The lowest BCUT2D eigenvalue weighted by Gasteiger charge is -2.13. The molecule has 0 fully saturated rings. The van der Waals surface area contributed by atoms with E-state index in [-0.39, 0.29) is 5.92 Å². The highest BCUT2D eigenvalue weighted by Crippen LogP contribution is 2.01. The van der Waals surface area contributed by atoms with Crippen LogP contribution in [0.3, 0.4) is 0 Å². The van der Waals surface area contributed by atoms with E-state index in [9.17, 15) is 9.59 Å². The third-order valence-electron chi connectivity index (χ3n) is 1.53. The van der Waals surface area contributed by atoms with Crippen LogP contribution in [0.15, 0.2) is 0 Å². The van der Waals surface area contributed by atoms with Gasteiger partial charge in [0, 0.05) is 0 Å². The SMILES string of the molecule is CC(O)C(=O)OC(=O)C(N)C(C)C. The van der Waals surface area contributed by atoms with Crippen molar-refractivity contribution < 1.29 is 19.4 Å². The highest BCUT2D eigenvalue weighted by atomic mass is 16.6. The first kappa shape index (κ1) is 12.1. The second kappa shape index (κ2) is 4.94. The molecular weight excluding hydrogens is 174 g/mol. The Morgan fingerprint density at radius 2 is 1.69 bits per heavy atom. The molecule has 0 spiro atoms. The Labute approximate surface area is 76.9 Å². The van der Waals surface area contributed by atoms with Gasteiger partial charge in [-0.05, 0) is 12.8 Å². The van der Waals surface area contributed by atoms with Gasteiger partial charge in [-0.3, -0.25) is 0 Å². The maximum Gasteiger partial charge on any atom is 0.342 e. The van der Waals surface area contributed by atoms with Crippen molar-refractivity contribution in [2.75, 3.05) is 0 Å². The van der Waals surface area contributed by atoms with Gasteiger partial charge in [-0.15, -0.1) is 0 Å². The van der Waals surface area contributed by atoms with Gasteiger partial charge in [-0.1, -0.05) is 13.8 Å². The molecule has 0 aliphatic heterocycles. The molecule has 3 N–H and O–H groups in total. The zero-order chi connectivity index (χ0) is 10.6. The summed E-state index contributed by atoms with van der Waals surface area (Å²) >= 11 is 0. The number of carbonyl (C=O) groups excluding carboxylic acids is 2. The summed E-state index contributed by atoms with van der Waals surface area (Å²) in [5.41, 5.74) is 5.40. The summed E-state index contributed by atoms with van der Waals surface area (Å²) in [4.78, 5) is 21.8. The maximum atomic E-state index is 11.0. The minimum atomic E-state index is -1.30. The molecule has 5 nitrogen and oxygen atoms in total. The lowest BCUT2D eigenvalue weighted by atomic mass is 10.1. The van der Waals surface area contributed by atoms with E-state index in [4.69, 9.17) is 10.8 Å². The van der Waals surface area contributed by atoms with Crippen molar-refractivity contribution in [1.29, 1.82) is 0 Å². The molecule has 13 heavy (non-hydrogen) atoms. The monoisotopic (exact) mass is 189 g/mol. The molecule has 0 aliphatic rings. The number of hydrogen-bond acceptors (Lipinski definition) is 5. The fourth-order valence-electron chi connectivity index (χ4n) is 0.525. The number of carbonyl (C=O) groups is 2. The van der Waals surface area contributed by atoms with Crippen LogP contribution in [0.5, 0.6) is 0 Å². The summed E-state index contributed by atoms with van der Waals surface area (Å²) in [7, 11) is 0. The van der Waals surface area contributed by atoms with E-state index in [0.29, 0.717) is 0 Å². The van der Waals surface area contributed by atoms with Crippen molar-refractivity contribution >= 4 is 11.9 Å².